The van der Waals surface area contributed by atoms with Gasteiger partial charge in [0, 0.05) is 12.8 Å². The number of amides is 1. The largest absolute Gasteiger partial charge is 0.315 e. The minimum atomic E-state index is -0.0816. The Morgan fingerprint density at radius 2 is 2.00 bits per heavy atom. The second-order valence-corrected chi connectivity index (χ2v) is 1.73. The molecule has 0 aromatic carbocycles. The number of hydrogen-bond donors (Lipinski definition) is 2. The van der Waals surface area contributed by atoms with Crippen LogP contribution < -0.4 is 5.32 Å². The van der Waals surface area contributed by atoms with Gasteiger partial charge >= 0.3 is 0 Å². The molecule has 0 atom stereocenters. The zero-order valence-corrected chi connectivity index (χ0v) is 5.82. The van der Waals surface area contributed by atoms with Crippen molar-refractivity contribution in [2.24, 2.45) is 0 Å². The molecule has 0 aliphatic heterocycles. The van der Waals surface area contributed by atoms with Crippen molar-refractivity contribution in [3.8, 4) is 0 Å². The number of carbonyl (C=O) groups excluding carboxylic acids is 1. The lowest BCUT2D eigenvalue weighted by molar-refractivity contribution is -0.119. The summed E-state index contributed by atoms with van der Waals surface area (Å²) >= 11 is 0. The Morgan fingerprint density at radius 1 is 1.44 bits per heavy atom. The molecule has 1 amide bonds. The lowest BCUT2D eigenvalue weighted by atomic mass is 10.4. The maximum atomic E-state index is 10.5. The Kier molecular flexibility index (Phi) is 3.67. The van der Waals surface area contributed by atoms with E-state index in [1.807, 2.05) is 6.92 Å². The van der Waals surface area contributed by atoms with Gasteiger partial charge in [-0.15, -0.1) is 0 Å². The molecule has 0 heterocycles. The number of amidine groups is 1. The average Bonchev–Trinajstić information content (AvgIpc) is 1.87. The van der Waals surface area contributed by atoms with Crippen LogP contribution >= 0.6 is 0 Å². The predicted octanol–water partition coefficient (Wildman–Crippen LogP) is 0.900. The van der Waals surface area contributed by atoms with Crippen molar-refractivity contribution in [1.82, 2.24) is 5.32 Å². The summed E-state index contributed by atoms with van der Waals surface area (Å²) in [7, 11) is 0. The minimum Gasteiger partial charge on any atom is -0.315 e. The summed E-state index contributed by atoms with van der Waals surface area (Å²) in [5, 5.41) is 9.46. The van der Waals surface area contributed by atoms with Gasteiger partial charge in [-0.3, -0.25) is 10.2 Å². The van der Waals surface area contributed by atoms with E-state index >= 15 is 0 Å². The minimum absolute atomic E-state index is 0.0816. The van der Waals surface area contributed by atoms with Gasteiger partial charge in [-0.25, -0.2) is 0 Å². The molecular weight excluding hydrogens is 116 g/mol. The SMILES string of the molecule is CCC(=N)NC(=O)CC. The summed E-state index contributed by atoms with van der Waals surface area (Å²) in [5.41, 5.74) is 0. The molecule has 0 aromatic heterocycles. The molecular formula is C6H12N2O. The van der Waals surface area contributed by atoms with Crippen molar-refractivity contribution in [2.75, 3.05) is 0 Å². The van der Waals surface area contributed by atoms with E-state index in [4.69, 9.17) is 5.41 Å². The third kappa shape index (κ3) is 3.70. The van der Waals surface area contributed by atoms with Crippen LogP contribution in [0.1, 0.15) is 26.7 Å². The van der Waals surface area contributed by atoms with Crippen molar-refractivity contribution >= 4 is 11.7 Å². The maximum absolute atomic E-state index is 10.5. The third-order valence-corrected chi connectivity index (χ3v) is 0.965. The summed E-state index contributed by atoms with van der Waals surface area (Å²) in [6.07, 6.45) is 1.04. The second kappa shape index (κ2) is 4.06. The molecule has 0 spiro atoms. The van der Waals surface area contributed by atoms with Gasteiger partial charge in [-0.05, 0) is 0 Å². The number of nitrogens with one attached hydrogen (secondary N) is 2. The molecule has 0 saturated heterocycles. The van der Waals surface area contributed by atoms with Gasteiger partial charge in [0.25, 0.3) is 0 Å². The van der Waals surface area contributed by atoms with Gasteiger partial charge in [0.05, 0.1) is 5.84 Å². The van der Waals surface area contributed by atoms with Gasteiger partial charge < -0.3 is 5.32 Å². The smallest absolute Gasteiger partial charge is 0.224 e. The third-order valence-electron chi connectivity index (χ3n) is 0.965. The highest BCUT2D eigenvalue weighted by atomic mass is 16.1. The van der Waals surface area contributed by atoms with Crippen LogP contribution in [0.15, 0.2) is 0 Å². The highest BCUT2D eigenvalue weighted by Crippen LogP contribution is 1.78. The standard InChI is InChI=1S/C6H12N2O/c1-3-5(7)8-6(9)4-2/h3-4H2,1-2H3,(H2,7,8,9). The number of hydrogen-bond acceptors (Lipinski definition) is 2. The van der Waals surface area contributed by atoms with Crippen molar-refractivity contribution in [3.05, 3.63) is 0 Å². The molecule has 3 nitrogen and oxygen atoms in total. The molecule has 0 saturated carbocycles. The maximum Gasteiger partial charge on any atom is 0.224 e. The molecule has 3 heteroatoms. The fourth-order valence-corrected chi connectivity index (χ4v) is 0.345. The van der Waals surface area contributed by atoms with Crippen molar-refractivity contribution in [1.29, 1.82) is 5.41 Å². The van der Waals surface area contributed by atoms with Gasteiger partial charge in [-0.1, -0.05) is 13.8 Å². The first kappa shape index (κ1) is 8.14. The van der Waals surface area contributed by atoms with Crippen LogP contribution in [0, 0.1) is 5.41 Å². The van der Waals surface area contributed by atoms with Gasteiger partial charge in [0.1, 0.15) is 0 Å². The lowest BCUT2D eigenvalue weighted by Crippen LogP contribution is -2.28. The summed E-state index contributed by atoms with van der Waals surface area (Å²) in [5.74, 6) is 0.212. The van der Waals surface area contributed by atoms with Crippen LogP contribution in [0.4, 0.5) is 0 Å². The zero-order valence-electron chi connectivity index (χ0n) is 5.82. The highest BCUT2D eigenvalue weighted by molar-refractivity contribution is 5.96. The van der Waals surface area contributed by atoms with Crippen LogP contribution in [-0.4, -0.2) is 11.7 Å². The first-order chi connectivity index (χ1) is 4.20. The van der Waals surface area contributed by atoms with E-state index in [0.29, 0.717) is 18.7 Å². The topological polar surface area (TPSA) is 53.0 Å². The van der Waals surface area contributed by atoms with Gasteiger partial charge in [0.15, 0.2) is 0 Å². The molecule has 0 bridgehead atoms. The molecule has 0 aliphatic carbocycles. The summed E-state index contributed by atoms with van der Waals surface area (Å²) in [6.45, 7) is 3.59. The monoisotopic (exact) mass is 128 g/mol. The van der Waals surface area contributed by atoms with E-state index in [-0.39, 0.29) is 5.91 Å². The molecule has 0 fully saturated rings. The van der Waals surface area contributed by atoms with E-state index in [0.717, 1.165) is 0 Å². The zero-order chi connectivity index (χ0) is 7.28. The van der Waals surface area contributed by atoms with Gasteiger partial charge in [-0.2, -0.15) is 0 Å². The first-order valence-corrected chi connectivity index (χ1v) is 3.08. The quantitative estimate of drug-likeness (QED) is 0.421. The Labute approximate surface area is 55.0 Å². The first-order valence-electron chi connectivity index (χ1n) is 3.08. The Balaban J connectivity index is 3.47. The van der Waals surface area contributed by atoms with Gasteiger partial charge in [0.2, 0.25) is 5.91 Å². The molecule has 0 rings (SSSR count). The van der Waals surface area contributed by atoms with E-state index in [2.05, 4.69) is 5.32 Å². The van der Waals surface area contributed by atoms with Crippen molar-refractivity contribution in [3.63, 3.8) is 0 Å². The van der Waals surface area contributed by atoms with Crippen LogP contribution in [0.25, 0.3) is 0 Å². The molecule has 2 N–H and O–H groups in total. The van der Waals surface area contributed by atoms with E-state index in [1.54, 1.807) is 6.92 Å². The molecule has 0 radical (unpaired) electrons. The van der Waals surface area contributed by atoms with Crippen LogP contribution in [0.5, 0.6) is 0 Å². The molecule has 9 heavy (non-hydrogen) atoms. The molecule has 0 unspecified atom stereocenters. The van der Waals surface area contributed by atoms with Crippen molar-refractivity contribution < 1.29 is 4.79 Å². The molecule has 0 aromatic rings. The van der Waals surface area contributed by atoms with Crippen LogP contribution in [0.2, 0.25) is 0 Å². The highest BCUT2D eigenvalue weighted by Gasteiger charge is 1.96. The van der Waals surface area contributed by atoms with Crippen LogP contribution in [0.3, 0.4) is 0 Å². The summed E-state index contributed by atoms with van der Waals surface area (Å²) < 4.78 is 0. The van der Waals surface area contributed by atoms with E-state index < -0.39 is 0 Å². The van der Waals surface area contributed by atoms with E-state index in [9.17, 15) is 4.79 Å². The predicted molar refractivity (Wildman–Crippen MR) is 36.5 cm³/mol. The van der Waals surface area contributed by atoms with E-state index in [1.165, 1.54) is 0 Å². The lowest BCUT2D eigenvalue weighted by Gasteiger charge is -1.99. The Bertz CT molecular complexity index is 106. The summed E-state index contributed by atoms with van der Waals surface area (Å²) in [6, 6.07) is 0. The Morgan fingerprint density at radius 3 is 2.33 bits per heavy atom. The fraction of sp³-hybridized carbons (Fsp3) is 0.667. The normalized spacial score (nSPS) is 8.67. The number of rotatable bonds is 2. The fourth-order valence-electron chi connectivity index (χ4n) is 0.345. The number of carbonyl (C=O) groups is 1. The second-order valence-electron chi connectivity index (χ2n) is 1.73. The molecule has 0 aliphatic rings. The molecule has 52 valence electrons. The average molecular weight is 128 g/mol. The van der Waals surface area contributed by atoms with Crippen molar-refractivity contribution in [2.45, 2.75) is 26.7 Å². The summed E-state index contributed by atoms with van der Waals surface area (Å²) in [4.78, 5) is 10.5. The Hall–Kier alpha value is -0.860. The van der Waals surface area contributed by atoms with Crippen LogP contribution in [-0.2, 0) is 4.79 Å².